The molecule has 3 aromatic rings. The second-order valence-electron chi connectivity index (χ2n) is 10.9. The van der Waals surface area contributed by atoms with Gasteiger partial charge in [0.15, 0.2) is 6.10 Å². The highest BCUT2D eigenvalue weighted by atomic mass is 19.1. The minimum absolute atomic E-state index is 0.159. The number of phenolic OH excluding ortho intramolecular Hbond substituents is 1. The highest BCUT2D eigenvalue weighted by Gasteiger charge is 2.22. The molecule has 0 aromatic heterocycles. The van der Waals surface area contributed by atoms with E-state index in [4.69, 9.17) is 4.74 Å². The first-order valence-corrected chi connectivity index (χ1v) is 15.6. The van der Waals surface area contributed by atoms with Crippen LogP contribution in [0.5, 0.6) is 11.5 Å². The quantitative estimate of drug-likeness (QED) is 0.0929. The van der Waals surface area contributed by atoms with Crippen LogP contribution in [0, 0.1) is 5.82 Å². The van der Waals surface area contributed by atoms with E-state index < -0.39 is 18.0 Å². The Bertz CT molecular complexity index is 1310. The third-order valence-electron chi connectivity index (χ3n) is 7.24. The van der Waals surface area contributed by atoms with Gasteiger partial charge in [-0.25, -0.2) is 9.18 Å². The fraction of sp³-hybridized carbons (Fsp3) is 0.429. The molecule has 0 fully saturated rings. The number of rotatable bonds is 17. The van der Waals surface area contributed by atoms with Crippen LogP contribution < -0.4 is 20.7 Å². The number of nitrogens with one attached hydrogen (secondary N) is 3. The summed E-state index contributed by atoms with van der Waals surface area (Å²) in [7, 11) is 0. The number of hydrogen-bond donors (Lipinski definition) is 4. The lowest BCUT2D eigenvalue weighted by Crippen LogP contribution is -2.33. The van der Waals surface area contributed by atoms with Gasteiger partial charge >= 0.3 is 6.03 Å². The number of phenols is 1. The van der Waals surface area contributed by atoms with Gasteiger partial charge in [-0.1, -0.05) is 65.0 Å². The van der Waals surface area contributed by atoms with Crippen molar-refractivity contribution >= 4 is 29.0 Å². The highest BCUT2D eigenvalue weighted by molar-refractivity contribution is 6.01. The third kappa shape index (κ3) is 11.3. The van der Waals surface area contributed by atoms with E-state index in [2.05, 4.69) is 48.9 Å². The van der Waals surface area contributed by atoms with Gasteiger partial charge < -0.3 is 25.8 Å². The van der Waals surface area contributed by atoms with Gasteiger partial charge in [0.2, 0.25) is 0 Å². The molecule has 3 aromatic carbocycles. The Hall–Kier alpha value is -4.07. The number of benzene rings is 3. The molecule has 8 heteroatoms. The third-order valence-corrected chi connectivity index (χ3v) is 7.24. The Labute approximate surface area is 255 Å². The highest BCUT2D eigenvalue weighted by Crippen LogP contribution is 2.29. The Balaban J connectivity index is 1.69. The normalized spacial score (nSPS) is 11.5. The molecule has 4 N–H and O–H groups in total. The van der Waals surface area contributed by atoms with Gasteiger partial charge in [0, 0.05) is 17.4 Å². The van der Waals surface area contributed by atoms with Crippen LogP contribution in [0.1, 0.15) is 89.7 Å². The minimum Gasteiger partial charge on any atom is -0.506 e. The van der Waals surface area contributed by atoms with Gasteiger partial charge in [-0.15, -0.1) is 0 Å². The molecule has 0 bridgehead atoms. The molecule has 0 aliphatic carbocycles. The number of anilines is 3. The number of unbranched alkanes of at least 4 members (excludes halogenated alkanes) is 5. The standard InChI is InChI=1S/C35H46FN3O4/c1-4-7-10-12-25-15-22-32(26(23-25)13-11-8-5-2)43-33(14-9-6-3)34(41)37-29-20-21-30(31(40)24-29)39-35(42)38-28-18-16-27(36)17-19-28/h15-24,33,40H,4-14H2,1-3H3,(H,37,41)(H2,38,39,42). The molecule has 3 rings (SSSR count). The van der Waals surface area contributed by atoms with E-state index in [-0.39, 0.29) is 17.3 Å². The first-order chi connectivity index (χ1) is 20.8. The van der Waals surface area contributed by atoms with Crippen molar-refractivity contribution < 1.29 is 23.8 Å². The van der Waals surface area contributed by atoms with Gasteiger partial charge in [-0.2, -0.15) is 0 Å². The van der Waals surface area contributed by atoms with Gasteiger partial charge in [-0.05, 0) is 92.1 Å². The summed E-state index contributed by atoms with van der Waals surface area (Å²) in [6.07, 6.45) is 10.5. The molecule has 0 heterocycles. The van der Waals surface area contributed by atoms with E-state index in [0.29, 0.717) is 17.8 Å². The molecule has 1 unspecified atom stereocenters. The Morgan fingerprint density at radius 1 is 0.767 bits per heavy atom. The maximum atomic E-state index is 13.4. The van der Waals surface area contributed by atoms with Crippen molar-refractivity contribution in [3.05, 3.63) is 77.6 Å². The number of carbonyl (C=O) groups excluding carboxylic acids is 2. The van der Waals surface area contributed by atoms with Crippen molar-refractivity contribution in [3.63, 3.8) is 0 Å². The predicted molar refractivity (Wildman–Crippen MR) is 173 cm³/mol. The maximum absolute atomic E-state index is 13.4. The van der Waals surface area contributed by atoms with Gasteiger partial charge in [0.1, 0.15) is 17.3 Å². The molecule has 0 spiro atoms. The molecule has 0 aliphatic heterocycles. The fourth-order valence-corrected chi connectivity index (χ4v) is 4.79. The van der Waals surface area contributed by atoms with Crippen molar-refractivity contribution in [2.45, 2.75) is 97.5 Å². The van der Waals surface area contributed by atoms with Gasteiger partial charge in [0.05, 0.1) is 5.69 Å². The largest absolute Gasteiger partial charge is 0.506 e. The molecular weight excluding hydrogens is 545 g/mol. The van der Waals surface area contributed by atoms with Gasteiger partial charge in [0.25, 0.3) is 5.91 Å². The second kappa shape index (κ2) is 17.8. The van der Waals surface area contributed by atoms with E-state index in [1.54, 1.807) is 6.07 Å². The molecule has 0 saturated heterocycles. The number of hydrogen-bond acceptors (Lipinski definition) is 4. The van der Waals surface area contributed by atoms with Crippen LogP contribution in [-0.4, -0.2) is 23.1 Å². The first-order valence-electron chi connectivity index (χ1n) is 15.6. The summed E-state index contributed by atoms with van der Waals surface area (Å²) in [5, 5.41) is 18.5. The van der Waals surface area contributed by atoms with E-state index in [1.165, 1.54) is 54.8 Å². The number of aryl methyl sites for hydroxylation is 2. The Morgan fingerprint density at radius 2 is 1.44 bits per heavy atom. The summed E-state index contributed by atoms with van der Waals surface area (Å²) >= 11 is 0. The van der Waals surface area contributed by atoms with E-state index in [9.17, 15) is 19.1 Å². The molecule has 3 amide bonds. The summed E-state index contributed by atoms with van der Waals surface area (Å²) in [5.41, 5.74) is 3.39. The van der Waals surface area contributed by atoms with Crippen molar-refractivity contribution in [1.29, 1.82) is 0 Å². The van der Waals surface area contributed by atoms with Crippen LogP contribution in [0.2, 0.25) is 0 Å². The number of ether oxygens (including phenoxy) is 1. The zero-order valence-electron chi connectivity index (χ0n) is 25.7. The average Bonchev–Trinajstić information content (AvgIpc) is 2.99. The van der Waals surface area contributed by atoms with Crippen LogP contribution >= 0.6 is 0 Å². The fourth-order valence-electron chi connectivity index (χ4n) is 4.79. The lowest BCUT2D eigenvalue weighted by molar-refractivity contribution is -0.123. The van der Waals surface area contributed by atoms with E-state index in [1.807, 2.05) is 6.07 Å². The van der Waals surface area contributed by atoms with E-state index in [0.717, 1.165) is 62.7 Å². The lowest BCUT2D eigenvalue weighted by atomic mass is 10.00. The molecule has 0 radical (unpaired) electrons. The number of halogens is 1. The van der Waals surface area contributed by atoms with Crippen molar-refractivity contribution in [2.24, 2.45) is 0 Å². The molecule has 7 nitrogen and oxygen atoms in total. The average molecular weight is 592 g/mol. The SMILES string of the molecule is CCCCCc1ccc(OC(CCCC)C(=O)Nc2ccc(NC(=O)Nc3ccc(F)cc3)c(O)c2)c(CCCCC)c1. The summed E-state index contributed by atoms with van der Waals surface area (Å²) in [6, 6.07) is 15.6. The second-order valence-corrected chi connectivity index (χ2v) is 10.9. The predicted octanol–water partition coefficient (Wildman–Crippen LogP) is 9.22. The number of urea groups is 1. The Morgan fingerprint density at radius 3 is 2.12 bits per heavy atom. The monoisotopic (exact) mass is 591 g/mol. The molecule has 0 aliphatic rings. The summed E-state index contributed by atoms with van der Waals surface area (Å²) < 4.78 is 19.5. The van der Waals surface area contributed by atoms with Crippen molar-refractivity contribution in [2.75, 3.05) is 16.0 Å². The maximum Gasteiger partial charge on any atom is 0.323 e. The summed E-state index contributed by atoms with van der Waals surface area (Å²) in [4.78, 5) is 25.7. The number of amides is 3. The van der Waals surface area contributed by atoms with Crippen LogP contribution in [0.15, 0.2) is 60.7 Å². The van der Waals surface area contributed by atoms with E-state index >= 15 is 0 Å². The van der Waals surface area contributed by atoms with Crippen LogP contribution in [0.3, 0.4) is 0 Å². The van der Waals surface area contributed by atoms with Crippen LogP contribution in [-0.2, 0) is 17.6 Å². The van der Waals surface area contributed by atoms with Crippen molar-refractivity contribution in [3.8, 4) is 11.5 Å². The first kappa shape index (κ1) is 33.4. The van der Waals surface area contributed by atoms with Crippen LogP contribution in [0.25, 0.3) is 0 Å². The number of carbonyl (C=O) groups is 2. The topological polar surface area (TPSA) is 99.7 Å². The Kier molecular flexibility index (Phi) is 13.8. The zero-order chi connectivity index (χ0) is 31.0. The summed E-state index contributed by atoms with van der Waals surface area (Å²) in [5.74, 6) is -0.169. The molecule has 232 valence electrons. The number of aromatic hydroxyl groups is 1. The summed E-state index contributed by atoms with van der Waals surface area (Å²) in [6.45, 7) is 6.47. The minimum atomic E-state index is -0.697. The lowest BCUT2D eigenvalue weighted by Gasteiger charge is -2.21. The zero-order valence-corrected chi connectivity index (χ0v) is 25.7. The molecule has 1 atom stereocenters. The van der Waals surface area contributed by atoms with Crippen LogP contribution in [0.4, 0.5) is 26.2 Å². The molecular formula is C35H46FN3O4. The smallest absolute Gasteiger partial charge is 0.323 e. The van der Waals surface area contributed by atoms with Gasteiger partial charge in [-0.3, -0.25) is 4.79 Å². The molecule has 0 saturated carbocycles. The molecule has 43 heavy (non-hydrogen) atoms. The van der Waals surface area contributed by atoms with Crippen molar-refractivity contribution in [1.82, 2.24) is 0 Å².